The van der Waals surface area contributed by atoms with E-state index in [9.17, 15) is 0 Å². The molecule has 3 aromatic heterocycles. The Hall–Kier alpha value is -3.28. The molecule has 0 saturated heterocycles. The summed E-state index contributed by atoms with van der Waals surface area (Å²) in [5.74, 6) is 1.53. The Morgan fingerprint density at radius 3 is 2.59 bits per heavy atom. The normalized spacial score (nSPS) is 19.1. The third-order valence-electron chi connectivity index (χ3n) is 5.94. The lowest BCUT2D eigenvalue weighted by atomic mass is 10.0. The molecule has 0 amide bonds. The Morgan fingerprint density at radius 1 is 0.931 bits per heavy atom. The summed E-state index contributed by atoms with van der Waals surface area (Å²) in [6.07, 6.45) is 17.0. The molecule has 3 aliphatic rings. The molecule has 0 N–H and O–H groups in total. The first-order valence-corrected chi connectivity index (χ1v) is 10.3. The van der Waals surface area contributed by atoms with Crippen molar-refractivity contribution in [3.05, 3.63) is 72.6 Å². The molecule has 0 atom stereocenters. The molecular formula is C23H22N6. The second-order valence-electron chi connectivity index (χ2n) is 8.07. The van der Waals surface area contributed by atoms with E-state index < -0.39 is 0 Å². The maximum absolute atomic E-state index is 4.62. The Bertz CT molecular complexity index is 1110. The van der Waals surface area contributed by atoms with E-state index in [2.05, 4.69) is 66.0 Å². The zero-order valence-corrected chi connectivity index (χ0v) is 16.1. The Balaban J connectivity index is 1.37. The summed E-state index contributed by atoms with van der Waals surface area (Å²) in [5.41, 5.74) is 5.99. The summed E-state index contributed by atoms with van der Waals surface area (Å²) >= 11 is 0. The maximum Gasteiger partial charge on any atom is 0.182 e. The monoisotopic (exact) mass is 382 g/mol. The highest BCUT2D eigenvalue weighted by Crippen LogP contribution is 2.43. The highest BCUT2D eigenvalue weighted by Gasteiger charge is 2.32. The van der Waals surface area contributed by atoms with E-state index in [1.165, 1.54) is 42.5 Å². The standard InChI is InChI=1S/C23H22N6/c1-2-17(1)22-6-3-18(16-7-10-24-11-8-16)14-28(22)20-9-12-25-21(13-20)23-27-26-15-29(23)19-4-5-19/h3,6-13,15,17,19H,1-2,4-5,14H2. The molecule has 3 aromatic rings. The van der Waals surface area contributed by atoms with Crippen molar-refractivity contribution < 1.29 is 0 Å². The minimum atomic E-state index is 0.531. The average molecular weight is 382 g/mol. The summed E-state index contributed by atoms with van der Waals surface area (Å²) in [6.45, 7) is 0.852. The number of pyridine rings is 2. The van der Waals surface area contributed by atoms with Gasteiger partial charge in [-0.2, -0.15) is 0 Å². The molecule has 0 radical (unpaired) electrons. The predicted molar refractivity (Wildman–Crippen MR) is 112 cm³/mol. The van der Waals surface area contributed by atoms with Gasteiger partial charge in [0.2, 0.25) is 0 Å². The van der Waals surface area contributed by atoms with Crippen molar-refractivity contribution in [2.45, 2.75) is 31.7 Å². The van der Waals surface area contributed by atoms with E-state index in [4.69, 9.17) is 0 Å². The van der Waals surface area contributed by atoms with Crippen molar-refractivity contribution in [1.82, 2.24) is 24.7 Å². The second-order valence-corrected chi connectivity index (χ2v) is 8.07. The lowest BCUT2D eigenvalue weighted by molar-refractivity contribution is 0.743. The molecule has 6 rings (SSSR count). The Labute approximate surface area is 169 Å². The van der Waals surface area contributed by atoms with E-state index in [-0.39, 0.29) is 0 Å². The number of rotatable bonds is 5. The fourth-order valence-electron chi connectivity index (χ4n) is 4.08. The van der Waals surface area contributed by atoms with Gasteiger partial charge in [0, 0.05) is 42.6 Å². The number of anilines is 1. The summed E-state index contributed by atoms with van der Waals surface area (Å²) in [5, 5.41) is 8.50. The highest BCUT2D eigenvalue weighted by molar-refractivity contribution is 5.76. The van der Waals surface area contributed by atoms with Gasteiger partial charge in [0.25, 0.3) is 0 Å². The van der Waals surface area contributed by atoms with Crippen LogP contribution in [0.5, 0.6) is 0 Å². The van der Waals surface area contributed by atoms with Crippen molar-refractivity contribution in [3.8, 4) is 11.5 Å². The summed E-state index contributed by atoms with van der Waals surface area (Å²) in [7, 11) is 0. The van der Waals surface area contributed by atoms with Crippen LogP contribution in [0.2, 0.25) is 0 Å². The van der Waals surface area contributed by atoms with Crippen LogP contribution in [0, 0.1) is 5.92 Å². The van der Waals surface area contributed by atoms with Gasteiger partial charge < -0.3 is 9.47 Å². The molecule has 0 unspecified atom stereocenters. The summed E-state index contributed by atoms with van der Waals surface area (Å²) in [4.78, 5) is 11.2. The first-order chi connectivity index (χ1) is 14.4. The zero-order chi connectivity index (χ0) is 19.2. The van der Waals surface area contributed by atoms with Crippen molar-refractivity contribution in [2.75, 3.05) is 11.4 Å². The van der Waals surface area contributed by atoms with Gasteiger partial charge in [0.05, 0.1) is 0 Å². The molecule has 2 aliphatic carbocycles. The fraction of sp³-hybridized carbons (Fsp3) is 0.304. The molecule has 0 spiro atoms. The number of nitrogens with zero attached hydrogens (tertiary/aromatic N) is 6. The van der Waals surface area contributed by atoms with Crippen LogP contribution < -0.4 is 4.90 Å². The molecular weight excluding hydrogens is 360 g/mol. The van der Waals surface area contributed by atoms with E-state index in [0.29, 0.717) is 12.0 Å². The molecule has 6 heteroatoms. The largest absolute Gasteiger partial charge is 0.340 e. The number of aromatic nitrogens is 5. The van der Waals surface area contributed by atoms with Gasteiger partial charge in [-0.15, -0.1) is 10.2 Å². The molecule has 2 fully saturated rings. The molecule has 4 heterocycles. The highest BCUT2D eigenvalue weighted by atomic mass is 15.3. The molecule has 6 nitrogen and oxygen atoms in total. The SMILES string of the molecule is C1=C(c2ccncc2)CN(c2ccnc(-c3nncn3C3CC3)c2)C(C2CC2)=C1. The van der Waals surface area contributed by atoms with Gasteiger partial charge in [-0.25, -0.2) is 0 Å². The Kier molecular flexibility index (Phi) is 3.82. The smallest absolute Gasteiger partial charge is 0.182 e. The minimum Gasteiger partial charge on any atom is -0.340 e. The van der Waals surface area contributed by atoms with Crippen LogP contribution in [0.4, 0.5) is 5.69 Å². The van der Waals surface area contributed by atoms with Crippen molar-refractivity contribution in [2.24, 2.45) is 5.92 Å². The van der Waals surface area contributed by atoms with E-state index in [0.717, 1.165) is 23.8 Å². The zero-order valence-electron chi connectivity index (χ0n) is 16.1. The van der Waals surface area contributed by atoms with Crippen LogP contribution >= 0.6 is 0 Å². The van der Waals surface area contributed by atoms with E-state index in [1.807, 2.05) is 24.9 Å². The van der Waals surface area contributed by atoms with Gasteiger partial charge >= 0.3 is 0 Å². The third kappa shape index (κ3) is 3.14. The molecule has 29 heavy (non-hydrogen) atoms. The van der Waals surface area contributed by atoms with Gasteiger partial charge in [0.15, 0.2) is 5.82 Å². The number of hydrogen-bond donors (Lipinski definition) is 0. The van der Waals surface area contributed by atoms with Crippen LogP contribution in [0.15, 0.2) is 67.0 Å². The molecule has 0 bridgehead atoms. The average Bonchev–Trinajstić information content (AvgIpc) is 3.73. The van der Waals surface area contributed by atoms with Gasteiger partial charge in [-0.05, 0) is 73.1 Å². The molecule has 144 valence electrons. The third-order valence-corrected chi connectivity index (χ3v) is 5.94. The molecule has 0 aromatic carbocycles. The van der Waals surface area contributed by atoms with E-state index in [1.54, 1.807) is 0 Å². The van der Waals surface area contributed by atoms with Gasteiger partial charge in [-0.1, -0.05) is 6.08 Å². The van der Waals surface area contributed by atoms with Crippen molar-refractivity contribution in [1.29, 1.82) is 0 Å². The van der Waals surface area contributed by atoms with Crippen LogP contribution in [-0.4, -0.2) is 31.3 Å². The van der Waals surface area contributed by atoms with Crippen LogP contribution in [0.3, 0.4) is 0 Å². The quantitative estimate of drug-likeness (QED) is 0.660. The van der Waals surface area contributed by atoms with Crippen LogP contribution in [-0.2, 0) is 0 Å². The topological polar surface area (TPSA) is 59.7 Å². The first kappa shape index (κ1) is 16.7. The van der Waals surface area contributed by atoms with Crippen molar-refractivity contribution >= 4 is 11.3 Å². The lowest BCUT2D eigenvalue weighted by Gasteiger charge is -2.32. The van der Waals surface area contributed by atoms with Gasteiger partial charge in [0.1, 0.15) is 12.0 Å². The predicted octanol–water partition coefficient (Wildman–Crippen LogP) is 4.27. The molecule has 1 aliphatic heterocycles. The summed E-state index contributed by atoms with van der Waals surface area (Å²) in [6, 6.07) is 8.96. The van der Waals surface area contributed by atoms with Gasteiger partial charge in [-0.3, -0.25) is 9.97 Å². The second kappa shape index (κ2) is 6.65. The summed E-state index contributed by atoms with van der Waals surface area (Å²) < 4.78 is 2.17. The minimum absolute atomic E-state index is 0.531. The number of allylic oxidation sites excluding steroid dienone is 3. The lowest BCUT2D eigenvalue weighted by Crippen LogP contribution is -2.28. The van der Waals surface area contributed by atoms with Crippen LogP contribution in [0.1, 0.15) is 37.3 Å². The number of hydrogen-bond acceptors (Lipinski definition) is 5. The maximum atomic E-state index is 4.62. The van der Waals surface area contributed by atoms with E-state index >= 15 is 0 Å². The first-order valence-electron chi connectivity index (χ1n) is 10.3. The fourth-order valence-corrected chi connectivity index (χ4v) is 4.08. The van der Waals surface area contributed by atoms with Crippen molar-refractivity contribution in [3.63, 3.8) is 0 Å². The Morgan fingerprint density at radius 2 is 1.79 bits per heavy atom. The molecule has 2 saturated carbocycles. The van der Waals surface area contributed by atoms with Crippen LogP contribution in [0.25, 0.3) is 17.1 Å².